The zero-order chi connectivity index (χ0) is 19.8. The highest BCUT2D eigenvalue weighted by molar-refractivity contribution is 7.96. The maximum Gasteiger partial charge on any atom is 0.226 e. The smallest absolute Gasteiger partial charge is 0.226 e. The van der Waals surface area contributed by atoms with Crippen LogP contribution in [-0.4, -0.2) is 40.6 Å². The lowest BCUT2D eigenvalue weighted by Crippen LogP contribution is -2.59. The molecule has 0 radical (unpaired) electrons. The summed E-state index contributed by atoms with van der Waals surface area (Å²) in [5.41, 5.74) is 0.164. The average Bonchev–Trinajstić information content (AvgIpc) is 2.77. The number of para-hydroxylation sites is 1. The summed E-state index contributed by atoms with van der Waals surface area (Å²) in [6.45, 7) is 1.20. The van der Waals surface area contributed by atoms with Gasteiger partial charge in [0.1, 0.15) is 12.1 Å². The third-order valence-corrected chi connectivity index (χ3v) is 7.16. The van der Waals surface area contributed by atoms with Crippen molar-refractivity contribution in [3.8, 4) is 5.75 Å². The molecule has 0 bridgehead atoms. The number of ether oxygens (including phenoxy) is 1. The van der Waals surface area contributed by atoms with Crippen molar-refractivity contribution in [3.63, 3.8) is 0 Å². The molecular weight excluding hydrogens is 400 g/mol. The highest BCUT2D eigenvalue weighted by atomic mass is 35.5. The highest BCUT2D eigenvalue weighted by Gasteiger charge is 2.46. The normalized spacial score (nSPS) is 23.6. The fourth-order valence-corrected chi connectivity index (χ4v) is 5.55. The molecule has 1 amide bonds. The summed E-state index contributed by atoms with van der Waals surface area (Å²) in [7, 11) is -3.67. The van der Waals surface area contributed by atoms with E-state index < -0.39 is 15.9 Å². The van der Waals surface area contributed by atoms with Gasteiger partial charge >= 0.3 is 0 Å². The first kappa shape index (κ1) is 19.4. The Balaban J connectivity index is 1.44. The van der Waals surface area contributed by atoms with Gasteiger partial charge in [-0.2, -0.15) is 0 Å². The molecule has 2 aromatic rings. The van der Waals surface area contributed by atoms with Crippen LogP contribution in [0.4, 0.5) is 0 Å². The molecule has 2 heterocycles. The lowest BCUT2D eigenvalue weighted by atomic mass is 9.89. The van der Waals surface area contributed by atoms with Crippen molar-refractivity contribution in [1.82, 2.24) is 9.62 Å². The average molecular weight is 421 g/mol. The van der Waals surface area contributed by atoms with Crippen molar-refractivity contribution in [2.45, 2.75) is 29.7 Å². The summed E-state index contributed by atoms with van der Waals surface area (Å²) >= 11 is 5.99. The number of sulfonamides is 1. The third kappa shape index (κ3) is 3.93. The largest absolute Gasteiger partial charge is 0.593 e. The molecule has 0 aliphatic carbocycles. The Labute approximate surface area is 170 Å². The van der Waals surface area contributed by atoms with Gasteiger partial charge in [-0.15, -0.1) is 4.72 Å². The second kappa shape index (κ2) is 7.48. The quantitative estimate of drug-likeness (QED) is 0.757. The molecule has 28 heavy (non-hydrogen) atoms. The summed E-state index contributed by atoms with van der Waals surface area (Å²) in [5.74, 6) is 0.379. The van der Waals surface area contributed by atoms with Crippen LogP contribution in [0.5, 0.6) is 5.75 Å². The van der Waals surface area contributed by atoms with E-state index in [1.807, 2.05) is 12.1 Å². The number of carbonyl (C=O) groups is 1. The number of hydrogen-bond donors (Lipinski definition) is 1. The van der Waals surface area contributed by atoms with Crippen LogP contribution < -0.4 is 9.46 Å². The van der Waals surface area contributed by atoms with Crippen LogP contribution in [0.1, 0.15) is 18.4 Å². The van der Waals surface area contributed by atoms with Crippen molar-refractivity contribution in [3.05, 3.63) is 59.1 Å². The Morgan fingerprint density at radius 1 is 1.21 bits per heavy atom. The molecule has 1 fully saturated rings. The SMILES string of the molecule is O=C(Cc1cccc(Cl)c1)N1CCC2(CC1)COc1ccccc1[S+](=O)([O-])N2. The van der Waals surface area contributed by atoms with E-state index in [0.717, 1.165) is 5.56 Å². The highest BCUT2D eigenvalue weighted by Crippen LogP contribution is 2.35. The minimum Gasteiger partial charge on any atom is -0.593 e. The summed E-state index contributed by atoms with van der Waals surface area (Å²) < 4.78 is 34.2. The van der Waals surface area contributed by atoms with E-state index in [1.165, 1.54) is 0 Å². The summed E-state index contributed by atoms with van der Waals surface area (Å²) in [5, 5.41) is 0.604. The molecule has 4 rings (SSSR count). The zero-order valence-corrected chi connectivity index (χ0v) is 16.8. The van der Waals surface area contributed by atoms with Gasteiger partial charge in [-0.05, 0) is 42.7 Å². The molecule has 1 unspecified atom stereocenters. The standard InChI is InChI=1S/C20H21ClN2O4S/c21-16-5-3-4-15(12-16)13-19(24)23-10-8-20(9-11-23)14-27-17-6-1-2-7-18(17)28(25,26)22-20/h1-7,12H,8-11,13-14H2,(H-,22,25,26). The van der Waals surface area contributed by atoms with Crippen molar-refractivity contribution in [2.24, 2.45) is 0 Å². The van der Waals surface area contributed by atoms with Gasteiger partial charge in [-0.3, -0.25) is 4.79 Å². The number of benzene rings is 2. The van der Waals surface area contributed by atoms with E-state index in [0.29, 0.717) is 36.7 Å². The maximum absolute atomic E-state index is 12.8. The molecule has 1 atom stereocenters. The molecule has 1 spiro atoms. The monoisotopic (exact) mass is 420 g/mol. The fourth-order valence-electron chi connectivity index (χ4n) is 3.74. The number of likely N-dealkylation sites (tertiary alicyclic amines) is 1. The molecule has 2 aromatic carbocycles. The van der Waals surface area contributed by atoms with Gasteiger partial charge in [0.15, 0.2) is 16.1 Å². The Kier molecular flexibility index (Phi) is 5.18. The molecule has 1 saturated heterocycles. The lowest BCUT2D eigenvalue weighted by molar-refractivity contribution is -0.132. The Morgan fingerprint density at radius 3 is 2.71 bits per heavy atom. The minimum atomic E-state index is -3.67. The molecule has 2 aliphatic rings. The first-order valence-electron chi connectivity index (χ1n) is 9.15. The summed E-state index contributed by atoms with van der Waals surface area (Å²) in [6.07, 6.45) is 1.28. The van der Waals surface area contributed by atoms with Gasteiger partial charge in [0.25, 0.3) is 0 Å². The van der Waals surface area contributed by atoms with E-state index in [2.05, 4.69) is 4.72 Å². The number of halogens is 1. The predicted molar refractivity (Wildman–Crippen MR) is 106 cm³/mol. The molecule has 0 saturated carbocycles. The first-order chi connectivity index (χ1) is 13.4. The number of amides is 1. The van der Waals surface area contributed by atoms with E-state index in [-0.39, 0.29) is 23.8 Å². The van der Waals surface area contributed by atoms with Crippen LogP contribution >= 0.6 is 11.6 Å². The molecule has 8 heteroatoms. The van der Waals surface area contributed by atoms with E-state index in [1.54, 1.807) is 41.3 Å². The summed E-state index contributed by atoms with van der Waals surface area (Å²) in [6, 6.07) is 13.9. The van der Waals surface area contributed by atoms with Crippen LogP contribution in [0.25, 0.3) is 0 Å². The van der Waals surface area contributed by atoms with Crippen molar-refractivity contribution in [2.75, 3.05) is 19.7 Å². The number of carbonyl (C=O) groups excluding carboxylic acids is 1. The molecule has 6 nitrogen and oxygen atoms in total. The number of nitrogens with zero attached hydrogens (tertiary/aromatic N) is 1. The summed E-state index contributed by atoms with van der Waals surface area (Å²) in [4.78, 5) is 14.6. The zero-order valence-electron chi connectivity index (χ0n) is 15.2. The van der Waals surface area contributed by atoms with Gasteiger partial charge in [0.05, 0.1) is 6.42 Å². The van der Waals surface area contributed by atoms with Crippen LogP contribution in [0.15, 0.2) is 53.4 Å². The second-order valence-corrected chi connectivity index (χ2v) is 9.40. The van der Waals surface area contributed by atoms with Crippen LogP contribution in [0.3, 0.4) is 0 Å². The second-order valence-electron chi connectivity index (χ2n) is 7.31. The number of nitrogens with one attached hydrogen (secondary N) is 1. The van der Waals surface area contributed by atoms with Crippen LogP contribution in [0.2, 0.25) is 5.02 Å². The minimum absolute atomic E-state index is 0.0119. The van der Waals surface area contributed by atoms with Crippen molar-refractivity contribution in [1.29, 1.82) is 0 Å². The number of rotatable bonds is 2. The number of piperidine rings is 1. The Morgan fingerprint density at radius 2 is 1.96 bits per heavy atom. The van der Waals surface area contributed by atoms with E-state index >= 15 is 0 Å². The van der Waals surface area contributed by atoms with E-state index in [4.69, 9.17) is 16.3 Å². The van der Waals surface area contributed by atoms with Crippen molar-refractivity contribution < 1.29 is 18.3 Å². The van der Waals surface area contributed by atoms with Crippen molar-refractivity contribution >= 4 is 27.9 Å². The molecular formula is C20H21ClN2O4S. The van der Waals surface area contributed by atoms with Gasteiger partial charge in [0, 0.05) is 18.1 Å². The maximum atomic E-state index is 12.8. The topological polar surface area (TPSA) is 81.7 Å². The predicted octanol–water partition coefficient (Wildman–Crippen LogP) is 2.83. The number of fused-ring (bicyclic) bond motifs is 1. The van der Waals surface area contributed by atoms with E-state index in [9.17, 15) is 13.6 Å². The first-order valence-corrected chi connectivity index (χ1v) is 11.0. The fraction of sp³-hybridized carbons (Fsp3) is 0.350. The van der Waals surface area contributed by atoms with Crippen LogP contribution in [-0.2, 0) is 25.8 Å². The number of hydrogen-bond acceptors (Lipinski definition) is 4. The Hall–Kier alpha value is -1.93. The lowest BCUT2D eigenvalue weighted by Gasteiger charge is -2.40. The van der Waals surface area contributed by atoms with Crippen LogP contribution in [0, 0.1) is 0 Å². The molecule has 148 valence electrons. The van der Waals surface area contributed by atoms with Gasteiger partial charge in [-0.1, -0.05) is 40.1 Å². The Bertz CT molecular complexity index is 943. The van der Waals surface area contributed by atoms with Gasteiger partial charge in [0.2, 0.25) is 10.8 Å². The molecule has 1 N–H and O–H groups in total. The van der Waals surface area contributed by atoms with Gasteiger partial charge in [-0.25, -0.2) is 0 Å². The third-order valence-electron chi connectivity index (χ3n) is 5.31. The van der Waals surface area contributed by atoms with Gasteiger partial charge < -0.3 is 14.2 Å². The molecule has 0 aromatic heterocycles. The molecule has 2 aliphatic heterocycles.